The van der Waals surface area contributed by atoms with Crippen LogP contribution in [0.4, 0.5) is 17.6 Å². The van der Waals surface area contributed by atoms with Gasteiger partial charge in [0, 0.05) is 12.6 Å². The van der Waals surface area contributed by atoms with E-state index in [1.807, 2.05) is 0 Å². The molecule has 1 aromatic carbocycles. The van der Waals surface area contributed by atoms with E-state index in [1.165, 1.54) is 0 Å². The first kappa shape index (κ1) is 13.3. The van der Waals surface area contributed by atoms with Gasteiger partial charge in [0.2, 0.25) is 0 Å². The van der Waals surface area contributed by atoms with E-state index in [2.05, 4.69) is 0 Å². The Balaban J connectivity index is 2.30. The smallest absolute Gasteiger partial charge is 0.373 e. The van der Waals surface area contributed by atoms with Crippen molar-refractivity contribution in [3.05, 3.63) is 35.1 Å². The SMILES string of the molecule is NC1CCOC(c2cc(F)cc(C(F)(F)F)c2)C1. The molecule has 1 saturated heterocycles. The Kier molecular flexibility index (Phi) is 3.59. The van der Waals surface area contributed by atoms with Gasteiger partial charge in [-0.25, -0.2) is 4.39 Å². The zero-order chi connectivity index (χ0) is 13.3. The topological polar surface area (TPSA) is 35.2 Å². The molecule has 18 heavy (non-hydrogen) atoms. The van der Waals surface area contributed by atoms with E-state index >= 15 is 0 Å². The lowest BCUT2D eigenvalue weighted by Gasteiger charge is -2.28. The summed E-state index contributed by atoms with van der Waals surface area (Å²) in [6.45, 7) is 0.379. The van der Waals surface area contributed by atoms with Crippen molar-refractivity contribution in [2.24, 2.45) is 5.73 Å². The maximum Gasteiger partial charge on any atom is 0.416 e. The Morgan fingerprint density at radius 1 is 1.22 bits per heavy atom. The summed E-state index contributed by atoms with van der Waals surface area (Å²) < 4.78 is 56.2. The molecule has 1 fully saturated rings. The zero-order valence-corrected chi connectivity index (χ0v) is 9.51. The summed E-state index contributed by atoms with van der Waals surface area (Å²) in [5.41, 5.74) is 4.92. The maximum absolute atomic E-state index is 13.2. The molecular formula is C12H13F4NO. The van der Waals surface area contributed by atoms with Crippen LogP contribution in [0.25, 0.3) is 0 Å². The van der Waals surface area contributed by atoms with Gasteiger partial charge in [0.15, 0.2) is 0 Å². The highest BCUT2D eigenvalue weighted by atomic mass is 19.4. The molecular weight excluding hydrogens is 250 g/mol. The van der Waals surface area contributed by atoms with Crippen molar-refractivity contribution in [1.29, 1.82) is 0 Å². The number of nitrogens with two attached hydrogens (primary N) is 1. The van der Waals surface area contributed by atoms with E-state index in [0.29, 0.717) is 25.5 Å². The summed E-state index contributed by atoms with van der Waals surface area (Å²) in [4.78, 5) is 0. The fourth-order valence-electron chi connectivity index (χ4n) is 2.02. The highest BCUT2D eigenvalue weighted by Crippen LogP contribution is 2.34. The summed E-state index contributed by atoms with van der Waals surface area (Å²) in [5, 5.41) is 0. The standard InChI is InChI=1S/C12H13F4NO/c13-9-4-7(3-8(5-9)12(14,15)16)11-6-10(17)1-2-18-11/h3-5,10-11H,1-2,6,17H2. The van der Waals surface area contributed by atoms with E-state index in [0.717, 1.165) is 12.1 Å². The van der Waals surface area contributed by atoms with Gasteiger partial charge in [0.05, 0.1) is 11.7 Å². The Morgan fingerprint density at radius 2 is 1.94 bits per heavy atom. The van der Waals surface area contributed by atoms with Gasteiger partial charge in [-0.2, -0.15) is 13.2 Å². The first-order valence-corrected chi connectivity index (χ1v) is 5.61. The number of benzene rings is 1. The van der Waals surface area contributed by atoms with Gasteiger partial charge in [0.1, 0.15) is 5.82 Å². The van der Waals surface area contributed by atoms with Crippen LogP contribution in [0.5, 0.6) is 0 Å². The number of hydrogen-bond donors (Lipinski definition) is 1. The molecule has 0 radical (unpaired) electrons. The number of hydrogen-bond acceptors (Lipinski definition) is 2. The molecule has 1 aliphatic heterocycles. The van der Waals surface area contributed by atoms with Crippen LogP contribution in [0.15, 0.2) is 18.2 Å². The number of rotatable bonds is 1. The Hall–Kier alpha value is -1.14. The van der Waals surface area contributed by atoms with E-state index in [4.69, 9.17) is 10.5 Å². The third kappa shape index (κ3) is 3.00. The minimum Gasteiger partial charge on any atom is -0.373 e. The van der Waals surface area contributed by atoms with Gasteiger partial charge in [-0.15, -0.1) is 0 Å². The minimum atomic E-state index is -4.56. The van der Waals surface area contributed by atoms with Crippen LogP contribution >= 0.6 is 0 Å². The van der Waals surface area contributed by atoms with E-state index < -0.39 is 23.7 Å². The fourth-order valence-corrected chi connectivity index (χ4v) is 2.02. The molecule has 0 amide bonds. The molecule has 2 atom stereocenters. The molecule has 1 aliphatic rings. The quantitative estimate of drug-likeness (QED) is 0.790. The third-order valence-corrected chi connectivity index (χ3v) is 2.94. The van der Waals surface area contributed by atoms with Crippen molar-refractivity contribution in [2.75, 3.05) is 6.61 Å². The number of ether oxygens (including phenoxy) is 1. The Labute approximate surface area is 102 Å². The second-order valence-electron chi connectivity index (χ2n) is 4.41. The summed E-state index contributed by atoms with van der Waals surface area (Å²) in [5.74, 6) is -0.914. The van der Waals surface area contributed by atoms with Crippen molar-refractivity contribution in [1.82, 2.24) is 0 Å². The molecule has 1 heterocycles. The van der Waals surface area contributed by atoms with Gasteiger partial charge in [0.25, 0.3) is 0 Å². The van der Waals surface area contributed by atoms with Crippen molar-refractivity contribution < 1.29 is 22.3 Å². The van der Waals surface area contributed by atoms with Crippen molar-refractivity contribution in [3.63, 3.8) is 0 Å². The van der Waals surface area contributed by atoms with Gasteiger partial charge in [-0.1, -0.05) is 0 Å². The lowest BCUT2D eigenvalue weighted by Crippen LogP contribution is -2.30. The molecule has 6 heteroatoms. The van der Waals surface area contributed by atoms with Crippen molar-refractivity contribution in [3.8, 4) is 0 Å². The summed E-state index contributed by atoms with van der Waals surface area (Å²) in [6.07, 6.45) is -4.06. The number of halogens is 4. The van der Waals surface area contributed by atoms with Gasteiger partial charge in [-0.05, 0) is 36.6 Å². The lowest BCUT2D eigenvalue weighted by atomic mass is 9.96. The maximum atomic E-state index is 13.2. The van der Waals surface area contributed by atoms with Crippen LogP contribution in [-0.4, -0.2) is 12.6 Å². The second-order valence-corrected chi connectivity index (χ2v) is 4.41. The van der Waals surface area contributed by atoms with Crippen LogP contribution in [0.3, 0.4) is 0 Å². The highest BCUT2D eigenvalue weighted by molar-refractivity contribution is 5.28. The molecule has 2 N–H and O–H groups in total. The predicted octanol–water partition coefficient (Wildman–Crippen LogP) is 3.02. The molecule has 0 bridgehead atoms. The van der Waals surface area contributed by atoms with E-state index in [9.17, 15) is 17.6 Å². The number of alkyl halides is 3. The molecule has 0 aliphatic carbocycles. The van der Waals surface area contributed by atoms with Crippen LogP contribution < -0.4 is 5.73 Å². The minimum absolute atomic E-state index is 0.124. The molecule has 0 aromatic heterocycles. The van der Waals surface area contributed by atoms with Crippen LogP contribution in [0.2, 0.25) is 0 Å². The van der Waals surface area contributed by atoms with Gasteiger partial charge >= 0.3 is 6.18 Å². The zero-order valence-electron chi connectivity index (χ0n) is 9.51. The summed E-state index contributed by atoms with van der Waals surface area (Å²) in [7, 11) is 0. The molecule has 2 nitrogen and oxygen atoms in total. The Morgan fingerprint density at radius 3 is 2.56 bits per heavy atom. The van der Waals surface area contributed by atoms with Gasteiger partial charge < -0.3 is 10.5 Å². The Bertz CT molecular complexity index is 433. The molecule has 2 rings (SSSR count). The largest absolute Gasteiger partial charge is 0.416 e. The normalized spacial score (nSPS) is 25.2. The molecule has 1 aromatic rings. The average molecular weight is 263 g/mol. The first-order valence-electron chi connectivity index (χ1n) is 5.61. The summed E-state index contributed by atoms with van der Waals surface area (Å²) in [6, 6.07) is 2.34. The second kappa shape index (κ2) is 4.85. The predicted molar refractivity (Wildman–Crippen MR) is 57.3 cm³/mol. The first-order chi connectivity index (χ1) is 8.36. The van der Waals surface area contributed by atoms with Crippen LogP contribution in [0.1, 0.15) is 30.1 Å². The molecule has 2 unspecified atom stereocenters. The molecule has 0 spiro atoms. The van der Waals surface area contributed by atoms with Gasteiger partial charge in [-0.3, -0.25) is 0 Å². The third-order valence-electron chi connectivity index (χ3n) is 2.94. The highest BCUT2D eigenvalue weighted by Gasteiger charge is 2.32. The van der Waals surface area contributed by atoms with E-state index in [-0.39, 0.29) is 11.6 Å². The molecule has 0 saturated carbocycles. The van der Waals surface area contributed by atoms with Crippen molar-refractivity contribution >= 4 is 0 Å². The van der Waals surface area contributed by atoms with Crippen LogP contribution in [0, 0.1) is 5.82 Å². The fraction of sp³-hybridized carbons (Fsp3) is 0.500. The summed E-state index contributed by atoms with van der Waals surface area (Å²) >= 11 is 0. The lowest BCUT2D eigenvalue weighted by molar-refractivity contribution is -0.137. The molecule has 100 valence electrons. The monoisotopic (exact) mass is 263 g/mol. The average Bonchev–Trinajstić information content (AvgIpc) is 2.27. The van der Waals surface area contributed by atoms with E-state index in [1.54, 1.807) is 0 Å². The van der Waals surface area contributed by atoms with Crippen molar-refractivity contribution in [2.45, 2.75) is 31.2 Å². The van der Waals surface area contributed by atoms with Crippen LogP contribution in [-0.2, 0) is 10.9 Å².